The Bertz CT molecular complexity index is 436. The van der Waals surface area contributed by atoms with Gasteiger partial charge in [0.2, 0.25) is 5.01 Å². The molecule has 0 amide bonds. The van der Waals surface area contributed by atoms with Crippen LogP contribution in [0.1, 0.15) is 36.3 Å². The zero-order chi connectivity index (χ0) is 13.8. The van der Waals surface area contributed by atoms with E-state index in [-0.39, 0.29) is 16.7 Å². The van der Waals surface area contributed by atoms with Crippen LogP contribution in [0.4, 0.5) is 0 Å². The molecule has 1 rings (SSSR count). The van der Waals surface area contributed by atoms with E-state index in [1.807, 2.05) is 20.8 Å². The average molecular weight is 289 g/mol. The van der Waals surface area contributed by atoms with Crippen LogP contribution < -0.4 is 0 Å². The van der Waals surface area contributed by atoms with Gasteiger partial charge in [0.25, 0.3) is 0 Å². The Morgan fingerprint density at radius 1 is 1.50 bits per heavy atom. The van der Waals surface area contributed by atoms with E-state index in [1.54, 1.807) is 5.38 Å². The number of hydrogen-bond donors (Lipinski definition) is 1. The monoisotopic (exact) mass is 289 g/mol. The molecule has 0 fully saturated rings. The Morgan fingerprint density at radius 2 is 2.17 bits per heavy atom. The maximum atomic E-state index is 11.4. The number of esters is 1. The fourth-order valence-corrected chi connectivity index (χ4v) is 2.53. The Kier molecular flexibility index (Phi) is 5.15. The molecule has 1 aromatic rings. The molecule has 0 atom stereocenters. The first-order valence-corrected chi connectivity index (χ1v) is 7.28. The van der Waals surface area contributed by atoms with Crippen molar-refractivity contribution < 1.29 is 19.4 Å². The second-order valence-corrected chi connectivity index (χ2v) is 6.37. The van der Waals surface area contributed by atoms with Crippen molar-refractivity contribution in [3.05, 3.63) is 16.1 Å². The van der Waals surface area contributed by atoms with Crippen LogP contribution in [0.15, 0.2) is 5.38 Å². The number of thioether (sulfide) groups is 1. The number of aromatic carboxylic acids is 1. The number of nitrogens with zero attached hydrogens (tertiary/aromatic N) is 1. The summed E-state index contributed by atoms with van der Waals surface area (Å²) < 4.78 is 5.15. The van der Waals surface area contributed by atoms with Gasteiger partial charge in [-0.15, -0.1) is 23.1 Å². The van der Waals surface area contributed by atoms with Gasteiger partial charge < -0.3 is 9.84 Å². The van der Waals surface area contributed by atoms with Gasteiger partial charge in [0.1, 0.15) is 5.60 Å². The van der Waals surface area contributed by atoms with Crippen molar-refractivity contribution in [1.82, 2.24) is 4.98 Å². The van der Waals surface area contributed by atoms with Gasteiger partial charge in [-0.25, -0.2) is 9.78 Å². The lowest BCUT2D eigenvalue weighted by Crippen LogP contribution is -2.24. The predicted octanol–water partition coefficient (Wildman–Crippen LogP) is 2.42. The number of carboxylic acid groups (broad SMARTS) is 1. The Hall–Kier alpha value is -1.08. The highest BCUT2D eigenvalue weighted by molar-refractivity contribution is 7.99. The molecule has 0 aliphatic heterocycles. The topological polar surface area (TPSA) is 76.5 Å². The second kappa shape index (κ2) is 6.19. The number of thiazole rings is 1. The zero-order valence-electron chi connectivity index (χ0n) is 10.4. The van der Waals surface area contributed by atoms with E-state index >= 15 is 0 Å². The molecule has 1 aromatic heterocycles. The molecule has 0 aliphatic rings. The molecule has 1 heterocycles. The lowest BCUT2D eigenvalue weighted by molar-refractivity contribution is -0.151. The summed E-state index contributed by atoms with van der Waals surface area (Å²) in [7, 11) is 0. The maximum absolute atomic E-state index is 11.4. The van der Waals surface area contributed by atoms with E-state index in [4.69, 9.17) is 9.84 Å². The minimum absolute atomic E-state index is 0.0721. The minimum atomic E-state index is -1.02. The molecule has 5 nitrogen and oxygen atoms in total. The van der Waals surface area contributed by atoms with Crippen LogP contribution in [0.2, 0.25) is 0 Å². The smallest absolute Gasteiger partial charge is 0.365 e. The molecule has 0 unspecified atom stereocenters. The second-order valence-electron chi connectivity index (χ2n) is 4.53. The van der Waals surface area contributed by atoms with Crippen molar-refractivity contribution in [3.63, 3.8) is 0 Å². The number of aromatic nitrogens is 1. The highest BCUT2D eigenvalue weighted by atomic mass is 32.2. The number of carboxylic acids is 1. The van der Waals surface area contributed by atoms with Crippen LogP contribution in [-0.4, -0.2) is 33.4 Å². The molecule has 0 aliphatic carbocycles. The molecular formula is C11H15NO4S2. The Labute approximate surface area is 114 Å². The fourth-order valence-electron chi connectivity index (χ4n) is 1.08. The third-order valence-electron chi connectivity index (χ3n) is 1.62. The molecule has 18 heavy (non-hydrogen) atoms. The summed E-state index contributed by atoms with van der Waals surface area (Å²) in [6.07, 6.45) is 0. The molecule has 0 aromatic carbocycles. The van der Waals surface area contributed by atoms with Gasteiger partial charge in [0, 0.05) is 11.1 Å². The highest BCUT2D eigenvalue weighted by Crippen LogP contribution is 2.17. The molecule has 0 saturated heterocycles. The molecule has 0 spiro atoms. The number of hydrogen-bond acceptors (Lipinski definition) is 6. The van der Waals surface area contributed by atoms with Crippen LogP contribution >= 0.6 is 23.1 Å². The molecule has 7 heteroatoms. The number of carbonyl (C=O) groups excluding carboxylic acids is 1. The molecule has 0 saturated carbocycles. The molecule has 1 N–H and O–H groups in total. The van der Waals surface area contributed by atoms with Crippen molar-refractivity contribution in [1.29, 1.82) is 0 Å². The summed E-state index contributed by atoms with van der Waals surface area (Å²) in [5.74, 6) is -0.565. The Morgan fingerprint density at radius 3 is 2.67 bits per heavy atom. The van der Waals surface area contributed by atoms with Gasteiger partial charge >= 0.3 is 11.9 Å². The highest BCUT2D eigenvalue weighted by Gasteiger charge is 2.16. The van der Waals surface area contributed by atoms with Crippen molar-refractivity contribution in [2.75, 3.05) is 5.75 Å². The van der Waals surface area contributed by atoms with Crippen LogP contribution in [0.3, 0.4) is 0 Å². The summed E-state index contributed by atoms with van der Waals surface area (Å²) >= 11 is 2.44. The predicted molar refractivity (Wildman–Crippen MR) is 71.1 cm³/mol. The third-order valence-corrected chi connectivity index (χ3v) is 3.44. The quantitative estimate of drug-likeness (QED) is 0.839. The summed E-state index contributed by atoms with van der Waals surface area (Å²) in [6.45, 7) is 5.44. The van der Waals surface area contributed by atoms with Crippen LogP contribution in [0, 0.1) is 0 Å². The van der Waals surface area contributed by atoms with Gasteiger partial charge in [-0.05, 0) is 20.8 Å². The summed E-state index contributed by atoms with van der Waals surface area (Å²) in [5, 5.41) is 10.5. The SMILES string of the molecule is CC(C)(C)OC(=O)CSCc1csc(C(=O)O)n1. The van der Waals surface area contributed by atoms with Crippen molar-refractivity contribution in [3.8, 4) is 0 Å². The van der Waals surface area contributed by atoms with E-state index in [9.17, 15) is 9.59 Å². The first-order valence-electron chi connectivity index (χ1n) is 5.25. The van der Waals surface area contributed by atoms with E-state index in [2.05, 4.69) is 4.98 Å². The number of rotatable bonds is 5. The third kappa shape index (κ3) is 5.50. The van der Waals surface area contributed by atoms with Gasteiger partial charge in [-0.1, -0.05) is 0 Å². The first-order chi connectivity index (χ1) is 8.28. The Balaban J connectivity index is 2.33. The van der Waals surface area contributed by atoms with Crippen LogP contribution in [0.5, 0.6) is 0 Å². The maximum Gasteiger partial charge on any atom is 0.365 e. The summed E-state index contributed by atoms with van der Waals surface area (Å²) in [6, 6.07) is 0. The van der Waals surface area contributed by atoms with Crippen molar-refractivity contribution in [2.24, 2.45) is 0 Å². The van der Waals surface area contributed by atoms with Gasteiger partial charge in [-0.2, -0.15) is 0 Å². The van der Waals surface area contributed by atoms with Crippen molar-refractivity contribution in [2.45, 2.75) is 32.1 Å². The largest absolute Gasteiger partial charge is 0.476 e. The summed E-state index contributed by atoms with van der Waals surface area (Å²) in [5.41, 5.74) is 0.195. The van der Waals surface area contributed by atoms with E-state index in [0.717, 1.165) is 11.3 Å². The standard InChI is InChI=1S/C11H15NO4S2/c1-11(2,3)16-8(13)6-17-4-7-5-18-9(12-7)10(14)15/h5H,4,6H2,1-3H3,(H,14,15). The van der Waals surface area contributed by atoms with Crippen LogP contribution in [-0.2, 0) is 15.3 Å². The lowest BCUT2D eigenvalue weighted by Gasteiger charge is -2.19. The number of carbonyl (C=O) groups is 2. The van der Waals surface area contributed by atoms with E-state index in [1.165, 1.54) is 11.8 Å². The minimum Gasteiger partial charge on any atom is -0.476 e. The van der Waals surface area contributed by atoms with E-state index < -0.39 is 11.6 Å². The fraction of sp³-hybridized carbons (Fsp3) is 0.545. The number of ether oxygens (including phenoxy) is 1. The lowest BCUT2D eigenvalue weighted by atomic mass is 10.2. The first kappa shape index (κ1) is 15.0. The summed E-state index contributed by atoms with van der Waals surface area (Å²) in [4.78, 5) is 26.0. The average Bonchev–Trinajstić information content (AvgIpc) is 2.63. The molecule has 0 bridgehead atoms. The van der Waals surface area contributed by atoms with Gasteiger partial charge in [0.15, 0.2) is 0 Å². The van der Waals surface area contributed by atoms with E-state index in [0.29, 0.717) is 11.4 Å². The van der Waals surface area contributed by atoms with Crippen LogP contribution in [0.25, 0.3) is 0 Å². The zero-order valence-corrected chi connectivity index (χ0v) is 12.1. The van der Waals surface area contributed by atoms with Gasteiger partial charge in [0.05, 0.1) is 11.4 Å². The normalized spacial score (nSPS) is 11.3. The van der Waals surface area contributed by atoms with Gasteiger partial charge in [-0.3, -0.25) is 4.79 Å². The molecule has 100 valence electrons. The molecule has 0 radical (unpaired) electrons. The molecular weight excluding hydrogens is 274 g/mol. The van der Waals surface area contributed by atoms with Crippen molar-refractivity contribution >= 4 is 35.0 Å².